The molecule has 0 atom stereocenters. The molecule has 1 amide bonds. The van der Waals surface area contributed by atoms with E-state index in [0.29, 0.717) is 28.7 Å². The second-order valence-electron chi connectivity index (χ2n) is 4.35. The minimum Gasteiger partial charge on any atom is -0.493 e. The number of thiocarbonyl (C=S) groups is 1. The largest absolute Gasteiger partial charge is 0.493 e. The molecule has 0 unspecified atom stereocenters. The first-order chi connectivity index (χ1) is 9.65. The van der Waals surface area contributed by atoms with Crippen molar-refractivity contribution in [1.82, 2.24) is 4.90 Å². The number of benzene rings is 1. The zero-order valence-electron chi connectivity index (χ0n) is 11.5. The predicted octanol–water partition coefficient (Wildman–Crippen LogP) is 2.50. The molecule has 4 nitrogen and oxygen atoms in total. The summed E-state index contributed by atoms with van der Waals surface area (Å²) in [4.78, 5) is 13.8. The maximum atomic E-state index is 12.1. The van der Waals surface area contributed by atoms with E-state index in [1.807, 2.05) is 18.2 Å². The standard InChI is InChI=1S/C14H17NO3S2/c1-17-11-5-3-10(9-12(11)18-2)4-6-13(16)15-7-8-20-14(15)19/h3,5,9H,4,6-8H2,1-2H3. The van der Waals surface area contributed by atoms with Crippen molar-refractivity contribution in [2.45, 2.75) is 12.8 Å². The number of aryl methyl sites for hydroxylation is 1. The fourth-order valence-corrected chi connectivity index (χ4v) is 3.28. The van der Waals surface area contributed by atoms with Crippen LogP contribution >= 0.6 is 24.0 Å². The van der Waals surface area contributed by atoms with Gasteiger partial charge in [0.1, 0.15) is 4.32 Å². The smallest absolute Gasteiger partial charge is 0.228 e. The van der Waals surface area contributed by atoms with E-state index in [9.17, 15) is 4.79 Å². The summed E-state index contributed by atoms with van der Waals surface area (Å²) in [6.45, 7) is 0.730. The summed E-state index contributed by atoms with van der Waals surface area (Å²) in [6, 6.07) is 5.71. The molecule has 20 heavy (non-hydrogen) atoms. The van der Waals surface area contributed by atoms with E-state index in [-0.39, 0.29) is 5.91 Å². The predicted molar refractivity (Wildman–Crippen MR) is 84.6 cm³/mol. The van der Waals surface area contributed by atoms with Crippen molar-refractivity contribution in [3.8, 4) is 11.5 Å². The molecule has 1 aromatic rings. The molecule has 1 heterocycles. The number of hydrogen-bond acceptors (Lipinski definition) is 5. The Kier molecular flexibility index (Phi) is 5.25. The van der Waals surface area contributed by atoms with Gasteiger partial charge in [-0.05, 0) is 24.1 Å². The average Bonchev–Trinajstić information content (AvgIpc) is 2.90. The highest BCUT2D eigenvalue weighted by atomic mass is 32.2. The Morgan fingerprint density at radius 3 is 2.70 bits per heavy atom. The van der Waals surface area contributed by atoms with Gasteiger partial charge in [0.15, 0.2) is 11.5 Å². The third kappa shape index (κ3) is 3.43. The van der Waals surface area contributed by atoms with Gasteiger partial charge in [-0.15, -0.1) is 0 Å². The third-order valence-electron chi connectivity index (χ3n) is 3.14. The molecule has 1 aliphatic rings. The number of methoxy groups -OCH3 is 2. The Morgan fingerprint density at radius 2 is 2.10 bits per heavy atom. The molecule has 108 valence electrons. The van der Waals surface area contributed by atoms with Crippen molar-refractivity contribution in [2.75, 3.05) is 26.5 Å². The molecule has 1 saturated heterocycles. The van der Waals surface area contributed by atoms with Crippen LogP contribution in [0.3, 0.4) is 0 Å². The molecule has 2 rings (SSSR count). The second-order valence-corrected chi connectivity index (χ2v) is 6.08. The van der Waals surface area contributed by atoms with Crippen LogP contribution in [-0.4, -0.2) is 41.6 Å². The zero-order valence-corrected chi connectivity index (χ0v) is 13.2. The van der Waals surface area contributed by atoms with E-state index in [0.717, 1.165) is 17.9 Å². The molecule has 0 aromatic heterocycles. The van der Waals surface area contributed by atoms with Gasteiger partial charge in [0.05, 0.1) is 14.2 Å². The van der Waals surface area contributed by atoms with Crippen LogP contribution in [0.15, 0.2) is 18.2 Å². The highest BCUT2D eigenvalue weighted by Gasteiger charge is 2.23. The van der Waals surface area contributed by atoms with Gasteiger partial charge in [-0.3, -0.25) is 9.69 Å². The molecule has 0 spiro atoms. The fraction of sp³-hybridized carbons (Fsp3) is 0.429. The van der Waals surface area contributed by atoms with Crippen LogP contribution in [0.4, 0.5) is 0 Å². The SMILES string of the molecule is COc1ccc(CCC(=O)N2CCSC2=S)cc1OC. The molecule has 0 radical (unpaired) electrons. The lowest BCUT2D eigenvalue weighted by atomic mass is 10.1. The summed E-state index contributed by atoms with van der Waals surface area (Å²) in [5, 5.41) is 0. The van der Waals surface area contributed by atoms with E-state index >= 15 is 0 Å². The van der Waals surface area contributed by atoms with Crippen molar-refractivity contribution >= 4 is 34.2 Å². The van der Waals surface area contributed by atoms with Gasteiger partial charge in [0.25, 0.3) is 0 Å². The summed E-state index contributed by atoms with van der Waals surface area (Å²) in [5.74, 6) is 2.38. The van der Waals surface area contributed by atoms with Gasteiger partial charge in [-0.25, -0.2) is 0 Å². The minimum absolute atomic E-state index is 0.0924. The van der Waals surface area contributed by atoms with Gasteiger partial charge < -0.3 is 9.47 Å². The van der Waals surface area contributed by atoms with E-state index in [1.165, 1.54) is 0 Å². The quantitative estimate of drug-likeness (QED) is 0.781. The van der Waals surface area contributed by atoms with Crippen molar-refractivity contribution in [1.29, 1.82) is 0 Å². The second kappa shape index (κ2) is 6.95. The van der Waals surface area contributed by atoms with Crippen molar-refractivity contribution in [3.63, 3.8) is 0 Å². The molecule has 1 aromatic carbocycles. The lowest BCUT2D eigenvalue weighted by Gasteiger charge is -2.15. The number of nitrogens with zero attached hydrogens (tertiary/aromatic N) is 1. The Bertz CT molecular complexity index is 519. The number of ether oxygens (including phenoxy) is 2. The zero-order chi connectivity index (χ0) is 14.5. The van der Waals surface area contributed by atoms with Crippen LogP contribution in [0, 0.1) is 0 Å². The van der Waals surface area contributed by atoms with Gasteiger partial charge in [0, 0.05) is 18.7 Å². The van der Waals surface area contributed by atoms with Crippen LogP contribution < -0.4 is 9.47 Å². The molecular weight excluding hydrogens is 294 g/mol. The van der Waals surface area contributed by atoms with E-state index in [4.69, 9.17) is 21.7 Å². The first-order valence-corrected chi connectivity index (χ1v) is 7.73. The lowest BCUT2D eigenvalue weighted by molar-refractivity contribution is -0.126. The molecule has 1 aliphatic heterocycles. The molecule has 0 aliphatic carbocycles. The number of amides is 1. The van der Waals surface area contributed by atoms with Crippen LogP contribution in [0.5, 0.6) is 11.5 Å². The van der Waals surface area contributed by atoms with Crippen molar-refractivity contribution in [3.05, 3.63) is 23.8 Å². The maximum absolute atomic E-state index is 12.1. The molecule has 0 N–H and O–H groups in total. The van der Waals surface area contributed by atoms with E-state index in [1.54, 1.807) is 30.9 Å². The molecule has 1 fully saturated rings. The summed E-state index contributed by atoms with van der Waals surface area (Å²) < 4.78 is 11.1. The third-order valence-corrected chi connectivity index (χ3v) is 4.57. The highest BCUT2D eigenvalue weighted by molar-refractivity contribution is 8.23. The topological polar surface area (TPSA) is 38.8 Å². The molecule has 0 bridgehead atoms. The summed E-state index contributed by atoms with van der Waals surface area (Å²) in [7, 11) is 3.21. The van der Waals surface area contributed by atoms with Crippen LogP contribution in [0.1, 0.15) is 12.0 Å². The summed E-state index contributed by atoms with van der Waals surface area (Å²) >= 11 is 6.72. The van der Waals surface area contributed by atoms with Gasteiger partial charge in [0.2, 0.25) is 5.91 Å². The van der Waals surface area contributed by atoms with E-state index < -0.39 is 0 Å². The Hall–Kier alpha value is -1.27. The minimum atomic E-state index is 0.0924. The van der Waals surface area contributed by atoms with Crippen LogP contribution in [0.25, 0.3) is 0 Å². The Labute approximate surface area is 128 Å². The first kappa shape index (κ1) is 15.1. The summed E-state index contributed by atoms with van der Waals surface area (Å²) in [5.41, 5.74) is 1.05. The number of thioether (sulfide) groups is 1. The average molecular weight is 311 g/mol. The van der Waals surface area contributed by atoms with E-state index in [2.05, 4.69) is 0 Å². The Balaban J connectivity index is 1.97. The molecular formula is C14H17NO3S2. The van der Waals surface area contributed by atoms with Crippen LogP contribution in [-0.2, 0) is 11.2 Å². The Morgan fingerprint density at radius 1 is 1.35 bits per heavy atom. The summed E-state index contributed by atoms with van der Waals surface area (Å²) in [6.07, 6.45) is 1.12. The van der Waals surface area contributed by atoms with Crippen molar-refractivity contribution in [2.24, 2.45) is 0 Å². The highest BCUT2D eigenvalue weighted by Crippen LogP contribution is 2.28. The fourth-order valence-electron chi connectivity index (χ4n) is 2.04. The van der Waals surface area contributed by atoms with Crippen molar-refractivity contribution < 1.29 is 14.3 Å². The van der Waals surface area contributed by atoms with Crippen LogP contribution in [0.2, 0.25) is 0 Å². The number of carbonyl (C=O) groups excluding carboxylic acids is 1. The van der Waals surface area contributed by atoms with Gasteiger partial charge >= 0.3 is 0 Å². The normalized spacial score (nSPS) is 14.5. The number of hydrogen-bond donors (Lipinski definition) is 0. The first-order valence-electron chi connectivity index (χ1n) is 6.33. The molecule has 0 saturated carbocycles. The van der Waals surface area contributed by atoms with Gasteiger partial charge in [-0.2, -0.15) is 0 Å². The number of carbonyl (C=O) groups is 1. The number of rotatable bonds is 5. The lowest BCUT2D eigenvalue weighted by Crippen LogP contribution is -2.30. The van der Waals surface area contributed by atoms with Gasteiger partial charge in [-0.1, -0.05) is 30.0 Å². The maximum Gasteiger partial charge on any atom is 0.228 e. The molecule has 6 heteroatoms. The monoisotopic (exact) mass is 311 g/mol.